The van der Waals surface area contributed by atoms with Gasteiger partial charge in [-0.15, -0.1) is 0 Å². The minimum absolute atomic E-state index is 0.619. The molecule has 19 heavy (non-hydrogen) atoms. The molecule has 2 rings (SSSR count). The molecule has 0 amide bonds. The topological polar surface area (TPSA) is 15.3 Å². The van der Waals surface area contributed by atoms with Crippen molar-refractivity contribution in [2.75, 3.05) is 11.9 Å². The van der Waals surface area contributed by atoms with Gasteiger partial charge >= 0.3 is 0 Å². The summed E-state index contributed by atoms with van der Waals surface area (Å²) >= 11 is 3.60. The van der Waals surface area contributed by atoms with E-state index in [1.54, 1.807) is 0 Å². The van der Waals surface area contributed by atoms with Crippen LogP contribution in [0.4, 0.5) is 5.69 Å². The van der Waals surface area contributed by atoms with Crippen LogP contribution < -0.4 is 10.2 Å². The molecule has 0 heterocycles. The van der Waals surface area contributed by atoms with Gasteiger partial charge in [-0.1, -0.05) is 35.8 Å². The van der Waals surface area contributed by atoms with Crippen molar-refractivity contribution in [1.82, 2.24) is 5.32 Å². The number of hydrogen-bond donors (Lipinski definition) is 1. The van der Waals surface area contributed by atoms with Crippen molar-refractivity contribution in [3.05, 3.63) is 28.2 Å². The Hall–Kier alpha value is -0.540. The highest BCUT2D eigenvalue weighted by Crippen LogP contribution is 2.28. The number of nitrogens with one attached hydrogen (secondary N) is 1. The summed E-state index contributed by atoms with van der Waals surface area (Å²) in [6.45, 7) is 5.52. The first kappa shape index (κ1) is 14.9. The molecular formula is C16H25BrN2. The van der Waals surface area contributed by atoms with Gasteiger partial charge in [0, 0.05) is 35.8 Å². The molecule has 0 aromatic heterocycles. The van der Waals surface area contributed by atoms with Crippen LogP contribution in [0.2, 0.25) is 0 Å². The highest BCUT2D eigenvalue weighted by Gasteiger charge is 2.21. The number of hydrogen-bond acceptors (Lipinski definition) is 2. The van der Waals surface area contributed by atoms with E-state index in [1.165, 1.54) is 36.9 Å². The zero-order valence-corrected chi connectivity index (χ0v) is 13.8. The molecule has 1 aromatic carbocycles. The van der Waals surface area contributed by atoms with Crippen LogP contribution in [-0.2, 0) is 6.54 Å². The molecule has 0 bridgehead atoms. The Morgan fingerprint density at radius 2 is 2.00 bits per heavy atom. The van der Waals surface area contributed by atoms with Crippen molar-refractivity contribution in [3.8, 4) is 0 Å². The molecule has 2 nitrogen and oxygen atoms in total. The van der Waals surface area contributed by atoms with Crippen molar-refractivity contribution in [1.29, 1.82) is 0 Å². The molecule has 1 saturated carbocycles. The molecule has 3 heteroatoms. The third-order valence-corrected chi connectivity index (χ3v) is 4.57. The Kier molecular flexibility index (Phi) is 5.28. The third kappa shape index (κ3) is 3.96. The van der Waals surface area contributed by atoms with Gasteiger partial charge in [-0.2, -0.15) is 0 Å². The fourth-order valence-corrected chi connectivity index (χ4v) is 2.94. The largest absolute Gasteiger partial charge is 0.371 e. The maximum Gasteiger partial charge on any atom is 0.0423 e. The molecule has 0 atom stereocenters. The van der Waals surface area contributed by atoms with Crippen LogP contribution in [0.5, 0.6) is 0 Å². The number of rotatable bonds is 7. The lowest BCUT2D eigenvalue weighted by Crippen LogP contribution is -2.31. The van der Waals surface area contributed by atoms with Crippen molar-refractivity contribution in [3.63, 3.8) is 0 Å². The van der Waals surface area contributed by atoms with Crippen LogP contribution >= 0.6 is 15.9 Å². The fourth-order valence-electron chi connectivity index (χ4n) is 2.59. The molecule has 1 N–H and O–H groups in total. The van der Waals surface area contributed by atoms with E-state index in [4.69, 9.17) is 0 Å². The van der Waals surface area contributed by atoms with E-state index in [0.717, 1.165) is 17.1 Å². The van der Waals surface area contributed by atoms with Crippen molar-refractivity contribution in [2.45, 2.75) is 58.2 Å². The van der Waals surface area contributed by atoms with Gasteiger partial charge in [0.05, 0.1) is 0 Å². The highest BCUT2D eigenvalue weighted by atomic mass is 79.9. The van der Waals surface area contributed by atoms with E-state index in [1.807, 2.05) is 0 Å². The molecule has 1 aliphatic carbocycles. The van der Waals surface area contributed by atoms with Gasteiger partial charge in [0.15, 0.2) is 0 Å². The van der Waals surface area contributed by atoms with Crippen LogP contribution in [0.1, 0.15) is 45.1 Å². The van der Waals surface area contributed by atoms with Gasteiger partial charge < -0.3 is 10.2 Å². The summed E-state index contributed by atoms with van der Waals surface area (Å²) in [5.41, 5.74) is 2.76. The average molecular weight is 325 g/mol. The molecular weight excluding hydrogens is 300 g/mol. The summed E-state index contributed by atoms with van der Waals surface area (Å²) in [6.07, 6.45) is 5.06. The second-order valence-electron chi connectivity index (χ2n) is 5.51. The maximum atomic E-state index is 3.62. The smallest absolute Gasteiger partial charge is 0.0423 e. The quantitative estimate of drug-likeness (QED) is 0.803. The zero-order valence-electron chi connectivity index (χ0n) is 12.2. The summed E-state index contributed by atoms with van der Waals surface area (Å²) in [5, 5.41) is 3.62. The molecule has 0 saturated heterocycles. The van der Waals surface area contributed by atoms with Gasteiger partial charge in [-0.05, 0) is 43.4 Å². The molecule has 1 fully saturated rings. The molecule has 0 unspecified atom stereocenters. The molecule has 0 radical (unpaired) electrons. The molecule has 0 aliphatic heterocycles. The lowest BCUT2D eigenvalue weighted by molar-refractivity contribution is 0.587. The third-order valence-electron chi connectivity index (χ3n) is 4.08. The van der Waals surface area contributed by atoms with Gasteiger partial charge in [0.1, 0.15) is 0 Å². The van der Waals surface area contributed by atoms with E-state index < -0.39 is 0 Å². The van der Waals surface area contributed by atoms with Crippen LogP contribution in [0, 0.1) is 0 Å². The lowest BCUT2D eigenvalue weighted by Gasteiger charge is -2.30. The van der Waals surface area contributed by atoms with E-state index in [2.05, 4.69) is 65.2 Å². The first-order valence-corrected chi connectivity index (χ1v) is 8.19. The molecule has 1 aromatic rings. The minimum atomic E-state index is 0.619. The Morgan fingerprint density at radius 3 is 2.58 bits per heavy atom. The summed E-state index contributed by atoms with van der Waals surface area (Å²) in [4.78, 5) is 2.44. The predicted octanol–water partition coefficient (Wildman–Crippen LogP) is 4.33. The summed E-state index contributed by atoms with van der Waals surface area (Å²) in [7, 11) is 2.22. The summed E-state index contributed by atoms with van der Waals surface area (Å²) < 4.78 is 1.16. The standard InChI is InChI=1S/C16H25BrN2/c1-4-15(5-2)19(3)16-10-13(17)7-6-12(16)11-18-14-8-9-14/h6-7,10,14-15,18H,4-5,8-9,11H2,1-3H3. The van der Waals surface area contributed by atoms with Crippen molar-refractivity contribution < 1.29 is 0 Å². The number of halogens is 1. The maximum absolute atomic E-state index is 3.62. The Bertz CT molecular complexity index is 411. The SMILES string of the molecule is CCC(CC)N(C)c1cc(Br)ccc1CNC1CC1. The monoisotopic (exact) mass is 324 g/mol. The second-order valence-corrected chi connectivity index (χ2v) is 6.43. The first-order valence-electron chi connectivity index (χ1n) is 7.40. The molecule has 1 aliphatic rings. The van der Waals surface area contributed by atoms with Crippen LogP contribution in [0.15, 0.2) is 22.7 Å². The Labute approximate surface area is 125 Å². The minimum Gasteiger partial charge on any atom is -0.371 e. The zero-order chi connectivity index (χ0) is 13.8. The first-order chi connectivity index (χ1) is 9.15. The van der Waals surface area contributed by atoms with Crippen molar-refractivity contribution in [2.24, 2.45) is 0 Å². The lowest BCUT2D eigenvalue weighted by atomic mass is 10.1. The van der Waals surface area contributed by atoms with Gasteiger partial charge in [-0.25, -0.2) is 0 Å². The summed E-state index contributed by atoms with van der Waals surface area (Å²) in [6, 6.07) is 8.02. The van der Waals surface area contributed by atoms with Crippen molar-refractivity contribution >= 4 is 21.6 Å². The second kappa shape index (κ2) is 6.76. The number of nitrogens with zero attached hydrogens (tertiary/aromatic N) is 1. The van der Waals surface area contributed by atoms with Gasteiger partial charge in [0.25, 0.3) is 0 Å². The summed E-state index contributed by atoms with van der Waals surface area (Å²) in [5.74, 6) is 0. The number of benzene rings is 1. The normalized spacial score (nSPS) is 15.0. The van der Waals surface area contributed by atoms with E-state index in [-0.39, 0.29) is 0 Å². The Morgan fingerprint density at radius 1 is 1.32 bits per heavy atom. The Balaban J connectivity index is 2.16. The van der Waals surface area contributed by atoms with Crippen LogP contribution in [-0.4, -0.2) is 19.1 Å². The highest BCUT2D eigenvalue weighted by molar-refractivity contribution is 9.10. The van der Waals surface area contributed by atoms with Crippen LogP contribution in [0.3, 0.4) is 0 Å². The van der Waals surface area contributed by atoms with Gasteiger partial charge in [-0.3, -0.25) is 0 Å². The number of anilines is 1. The predicted molar refractivity (Wildman–Crippen MR) is 86.8 cm³/mol. The van der Waals surface area contributed by atoms with E-state index in [0.29, 0.717) is 6.04 Å². The fraction of sp³-hybridized carbons (Fsp3) is 0.625. The van der Waals surface area contributed by atoms with E-state index >= 15 is 0 Å². The molecule has 0 spiro atoms. The van der Waals surface area contributed by atoms with Crippen LogP contribution in [0.25, 0.3) is 0 Å². The molecule has 106 valence electrons. The van der Waals surface area contributed by atoms with Gasteiger partial charge in [0.2, 0.25) is 0 Å². The van der Waals surface area contributed by atoms with E-state index in [9.17, 15) is 0 Å². The average Bonchev–Trinajstić information content (AvgIpc) is 3.22.